The van der Waals surface area contributed by atoms with Gasteiger partial charge in [-0.1, -0.05) is 19.1 Å². The summed E-state index contributed by atoms with van der Waals surface area (Å²) in [4.78, 5) is 39.4. The van der Waals surface area contributed by atoms with Crippen LogP contribution >= 0.6 is 0 Å². The number of para-hydroxylation sites is 1. The summed E-state index contributed by atoms with van der Waals surface area (Å²) in [6.07, 6.45) is 0.711. The van der Waals surface area contributed by atoms with E-state index in [0.29, 0.717) is 23.4 Å². The Hall–Kier alpha value is -3.15. The van der Waals surface area contributed by atoms with Gasteiger partial charge in [0.2, 0.25) is 0 Å². The Bertz CT molecular complexity index is 1020. The molecule has 6 nitrogen and oxygen atoms in total. The van der Waals surface area contributed by atoms with Gasteiger partial charge >= 0.3 is 5.97 Å². The van der Waals surface area contributed by atoms with Crippen molar-refractivity contribution in [3.63, 3.8) is 0 Å². The Morgan fingerprint density at radius 3 is 2.61 bits per heavy atom. The number of rotatable bonds is 3. The minimum absolute atomic E-state index is 0.114. The highest BCUT2D eigenvalue weighted by molar-refractivity contribution is 6.53. The topological polar surface area (TPSA) is 72.9 Å². The molecule has 1 atom stereocenters. The molecule has 2 aliphatic rings. The Kier molecular flexibility index (Phi) is 4.03. The molecule has 0 aliphatic carbocycles. The third-order valence-electron chi connectivity index (χ3n) is 5.46. The number of carbonyl (C=O) groups is 3. The zero-order chi connectivity index (χ0) is 20.2. The van der Waals surface area contributed by atoms with Crippen molar-refractivity contribution in [2.75, 3.05) is 12.0 Å². The molecule has 0 unspecified atom stereocenters. The Morgan fingerprint density at radius 2 is 1.89 bits per heavy atom. The van der Waals surface area contributed by atoms with Gasteiger partial charge < -0.3 is 9.47 Å². The molecule has 1 amide bonds. The number of carbonyl (C=O) groups excluding carboxylic acids is 3. The third-order valence-corrected chi connectivity index (χ3v) is 5.46. The average Bonchev–Trinajstić information content (AvgIpc) is 2.91. The Labute approximate surface area is 163 Å². The molecule has 2 aromatic carbocycles. The second-order valence-corrected chi connectivity index (χ2v) is 7.89. The van der Waals surface area contributed by atoms with Crippen molar-refractivity contribution in [3.8, 4) is 11.5 Å². The number of esters is 1. The summed E-state index contributed by atoms with van der Waals surface area (Å²) in [7, 11) is 1.48. The van der Waals surface area contributed by atoms with Crippen LogP contribution in [0.2, 0.25) is 0 Å². The molecule has 0 aromatic heterocycles. The van der Waals surface area contributed by atoms with Crippen molar-refractivity contribution in [1.82, 2.24) is 0 Å². The fourth-order valence-electron chi connectivity index (χ4n) is 4.31. The lowest BCUT2D eigenvalue weighted by Crippen LogP contribution is -2.50. The molecule has 0 saturated carbocycles. The van der Waals surface area contributed by atoms with E-state index < -0.39 is 23.2 Å². The largest absolute Gasteiger partial charge is 0.496 e. The van der Waals surface area contributed by atoms with E-state index in [-0.39, 0.29) is 17.2 Å². The summed E-state index contributed by atoms with van der Waals surface area (Å²) >= 11 is 0. The van der Waals surface area contributed by atoms with Gasteiger partial charge in [-0.3, -0.25) is 14.5 Å². The molecular formula is C22H21NO5. The zero-order valence-corrected chi connectivity index (χ0v) is 16.2. The third kappa shape index (κ3) is 2.59. The first-order valence-electron chi connectivity index (χ1n) is 9.16. The second kappa shape index (κ2) is 6.19. The van der Waals surface area contributed by atoms with Gasteiger partial charge in [0.15, 0.2) is 0 Å². The van der Waals surface area contributed by atoms with E-state index in [0.717, 1.165) is 5.56 Å². The van der Waals surface area contributed by atoms with E-state index in [1.54, 1.807) is 35.2 Å². The average molecular weight is 379 g/mol. The molecule has 0 spiro atoms. The molecular weight excluding hydrogens is 358 g/mol. The number of ketones is 1. The highest BCUT2D eigenvalue weighted by Gasteiger charge is 2.49. The number of anilines is 1. The van der Waals surface area contributed by atoms with Crippen molar-refractivity contribution < 1.29 is 23.9 Å². The fraction of sp³-hybridized carbons (Fsp3) is 0.318. The molecule has 2 aromatic rings. The highest BCUT2D eigenvalue weighted by atomic mass is 16.5. The van der Waals surface area contributed by atoms with Crippen molar-refractivity contribution in [3.05, 3.63) is 53.1 Å². The molecule has 0 fully saturated rings. The van der Waals surface area contributed by atoms with Crippen LogP contribution in [-0.4, -0.2) is 30.3 Å². The summed E-state index contributed by atoms with van der Waals surface area (Å²) in [6.45, 7) is 5.97. The van der Waals surface area contributed by atoms with Crippen molar-refractivity contribution in [2.45, 2.75) is 38.6 Å². The minimum Gasteiger partial charge on any atom is -0.496 e. The van der Waals surface area contributed by atoms with Gasteiger partial charge in [0.1, 0.15) is 17.1 Å². The lowest BCUT2D eigenvalue weighted by molar-refractivity contribution is -0.115. The van der Waals surface area contributed by atoms with Gasteiger partial charge in [-0.25, -0.2) is 4.79 Å². The molecule has 144 valence electrons. The second-order valence-electron chi connectivity index (χ2n) is 7.89. The monoisotopic (exact) mass is 379 g/mol. The Morgan fingerprint density at radius 1 is 1.18 bits per heavy atom. The van der Waals surface area contributed by atoms with Gasteiger partial charge in [-0.2, -0.15) is 0 Å². The number of nitrogens with zero attached hydrogens (tertiary/aromatic N) is 1. The predicted molar refractivity (Wildman–Crippen MR) is 103 cm³/mol. The maximum absolute atomic E-state index is 12.6. The summed E-state index contributed by atoms with van der Waals surface area (Å²) in [5.74, 6) is -0.901. The molecule has 0 bridgehead atoms. The van der Waals surface area contributed by atoms with Crippen LogP contribution in [0.25, 0.3) is 0 Å². The highest BCUT2D eigenvalue weighted by Crippen LogP contribution is 2.49. The smallest absolute Gasteiger partial charge is 0.347 e. The van der Waals surface area contributed by atoms with Crippen molar-refractivity contribution in [2.24, 2.45) is 0 Å². The van der Waals surface area contributed by atoms with Crippen molar-refractivity contribution in [1.29, 1.82) is 0 Å². The van der Waals surface area contributed by atoms with Gasteiger partial charge in [-0.15, -0.1) is 0 Å². The molecule has 2 aliphatic heterocycles. The van der Waals surface area contributed by atoms with Crippen molar-refractivity contribution >= 4 is 23.3 Å². The van der Waals surface area contributed by atoms with Crippen LogP contribution in [0.3, 0.4) is 0 Å². The van der Waals surface area contributed by atoms with Crippen LogP contribution in [0.4, 0.5) is 5.69 Å². The number of hydrogen-bond donors (Lipinski definition) is 0. The molecule has 0 N–H and O–H groups in total. The summed E-state index contributed by atoms with van der Waals surface area (Å²) in [6, 6.07) is 10.0. The normalized spacial score (nSPS) is 19.4. The lowest BCUT2D eigenvalue weighted by atomic mass is 9.80. The maximum atomic E-state index is 12.6. The maximum Gasteiger partial charge on any atom is 0.347 e. The first-order valence-corrected chi connectivity index (χ1v) is 9.16. The van der Waals surface area contributed by atoms with E-state index in [4.69, 9.17) is 9.47 Å². The summed E-state index contributed by atoms with van der Waals surface area (Å²) < 4.78 is 10.8. The Balaban J connectivity index is 1.77. The van der Waals surface area contributed by atoms with Gasteiger partial charge in [0.05, 0.1) is 18.4 Å². The standard InChI is InChI=1S/C22H21NO5/c1-12-11-22(2,3)23-18-15(12)9-13(10-16(18)19(24)20(23)25)28-21(26)14-7-5-6-8-17(14)27-4/h5-10,12H,11H2,1-4H3/t12-/m0/s1. The van der Waals surface area contributed by atoms with E-state index in [9.17, 15) is 14.4 Å². The molecule has 0 saturated heterocycles. The molecule has 6 heteroatoms. The van der Waals surface area contributed by atoms with E-state index in [2.05, 4.69) is 0 Å². The van der Waals surface area contributed by atoms with Crippen LogP contribution in [0.15, 0.2) is 36.4 Å². The van der Waals surface area contributed by atoms with E-state index in [1.807, 2.05) is 20.8 Å². The number of Topliss-reactive ketones (excluding diaryl/α,β-unsaturated/α-hetero) is 1. The number of hydrogen-bond acceptors (Lipinski definition) is 5. The summed E-state index contributed by atoms with van der Waals surface area (Å²) in [5.41, 5.74) is 1.64. The lowest BCUT2D eigenvalue weighted by Gasteiger charge is -2.43. The van der Waals surface area contributed by atoms with E-state index >= 15 is 0 Å². The molecule has 28 heavy (non-hydrogen) atoms. The quantitative estimate of drug-likeness (QED) is 0.462. The SMILES string of the molecule is COc1ccccc1C(=O)Oc1cc2c3c(c1)[C@@H](C)CC(C)(C)N3C(=O)C2=O. The first-order chi connectivity index (χ1) is 13.2. The van der Waals surface area contributed by atoms with Crippen LogP contribution in [0, 0.1) is 0 Å². The van der Waals surface area contributed by atoms with Gasteiger partial charge in [-0.05, 0) is 56.0 Å². The van der Waals surface area contributed by atoms with Crippen LogP contribution in [0.1, 0.15) is 59.4 Å². The first kappa shape index (κ1) is 18.2. The van der Waals surface area contributed by atoms with Gasteiger partial charge in [0, 0.05) is 5.54 Å². The van der Waals surface area contributed by atoms with E-state index in [1.165, 1.54) is 13.2 Å². The van der Waals surface area contributed by atoms with Crippen LogP contribution in [0.5, 0.6) is 11.5 Å². The predicted octanol–water partition coefficient (Wildman–Crippen LogP) is 3.73. The van der Waals surface area contributed by atoms with Crippen LogP contribution in [-0.2, 0) is 4.79 Å². The molecule has 0 radical (unpaired) electrons. The fourth-order valence-corrected chi connectivity index (χ4v) is 4.31. The zero-order valence-electron chi connectivity index (χ0n) is 16.2. The van der Waals surface area contributed by atoms with Gasteiger partial charge in [0.25, 0.3) is 11.7 Å². The number of benzene rings is 2. The molecule has 2 heterocycles. The number of amides is 1. The van der Waals surface area contributed by atoms with Crippen LogP contribution < -0.4 is 14.4 Å². The minimum atomic E-state index is -0.581. The number of methoxy groups -OCH3 is 1. The number of ether oxygens (including phenoxy) is 2. The summed E-state index contributed by atoms with van der Waals surface area (Å²) in [5, 5.41) is 0. The molecule has 4 rings (SSSR count).